The van der Waals surface area contributed by atoms with E-state index in [0.717, 1.165) is 21.7 Å². The summed E-state index contributed by atoms with van der Waals surface area (Å²) in [6.45, 7) is 1.95. The molecule has 0 aliphatic carbocycles. The number of aryl methyl sites for hydroxylation is 1. The summed E-state index contributed by atoms with van der Waals surface area (Å²) in [6.07, 6.45) is 0. The van der Waals surface area contributed by atoms with Gasteiger partial charge in [0.25, 0.3) is 0 Å². The number of fused-ring (bicyclic) bond motifs is 1. The van der Waals surface area contributed by atoms with Crippen LogP contribution in [0.15, 0.2) is 34.8 Å². The largest absolute Gasteiger partial charge is 0.478 e. The molecule has 2 N–H and O–H groups in total. The molecule has 2 aromatic carbocycles. The zero-order valence-electron chi connectivity index (χ0n) is 10.9. The highest BCUT2D eigenvalue weighted by Crippen LogP contribution is 2.30. The fraction of sp³-hybridized carbons (Fsp3) is 0.0667. The molecule has 0 fully saturated rings. The maximum Gasteiger partial charge on any atom is 0.338 e. The van der Waals surface area contributed by atoms with Crippen molar-refractivity contribution in [2.75, 3.05) is 0 Å². The third-order valence-electron chi connectivity index (χ3n) is 3.16. The van der Waals surface area contributed by atoms with Gasteiger partial charge in [0.05, 0.1) is 11.1 Å². The van der Waals surface area contributed by atoms with Crippen LogP contribution in [0, 0.1) is 12.7 Å². The van der Waals surface area contributed by atoms with Crippen molar-refractivity contribution in [1.29, 1.82) is 0 Å². The van der Waals surface area contributed by atoms with E-state index >= 15 is 0 Å². The van der Waals surface area contributed by atoms with Crippen molar-refractivity contribution in [3.63, 3.8) is 0 Å². The molecule has 21 heavy (non-hydrogen) atoms. The second kappa shape index (κ2) is 4.96. The van der Waals surface area contributed by atoms with Gasteiger partial charge in [0.2, 0.25) is 0 Å². The minimum absolute atomic E-state index is 0.156. The molecular weight excluding hydrogens is 339 g/mol. The third-order valence-corrected chi connectivity index (χ3v) is 3.85. The number of carboxylic acids is 1. The van der Waals surface area contributed by atoms with Crippen molar-refractivity contribution in [1.82, 2.24) is 9.97 Å². The topological polar surface area (TPSA) is 66.0 Å². The molecule has 6 heteroatoms. The number of hydrogen-bond donors (Lipinski definition) is 2. The number of aromatic nitrogens is 2. The van der Waals surface area contributed by atoms with E-state index in [1.807, 2.05) is 25.1 Å². The highest BCUT2D eigenvalue weighted by atomic mass is 79.9. The lowest BCUT2D eigenvalue weighted by atomic mass is 10.1. The second-order valence-corrected chi connectivity index (χ2v) is 5.58. The summed E-state index contributed by atoms with van der Waals surface area (Å²) in [4.78, 5) is 18.5. The molecule has 106 valence electrons. The number of aromatic carboxylic acids is 1. The smallest absolute Gasteiger partial charge is 0.338 e. The average Bonchev–Trinajstić information content (AvgIpc) is 2.83. The Bertz CT molecular complexity index is 873. The zero-order valence-corrected chi connectivity index (χ0v) is 12.5. The van der Waals surface area contributed by atoms with Crippen LogP contribution in [0.4, 0.5) is 4.39 Å². The van der Waals surface area contributed by atoms with Crippen LogP contribution < -0.4 is 0 Å². The normalized spacial score (nSPS) is 11.0. The van der Waals surface area contributed by atoms with Gasteiger partial charge in [-0.15, -0.1) is 0 Å². The average molecular weight is 349 g/mol. The number of nitrogens with zero attached hydrogens (tertiary/aromatic N) is 1. The third kappa shape index (κ3) is 2.42. The molecule has 1 heterocycles. The van der Waals surface area contributed by atoms with E-state index in [1.54, 1.807) is 0 Å². The number of aromatic amines is 1. The lowest BCUT2D eigenvalue weighted by Crippen LogP contribution is -1.98. The maximum atomic E-state index is 13.5. The van der Waals surface area contributed by atoms with Crippen LogP contribution in [0.1, 0.15) is 15.9 Å². The van der Waals surface area contributed by atoms with Gasteiger partial charge in [0, 0.05) is 10.0 Å². The van der Waals surface area contributed by atoms with Crippen molar-refractivity contribution in [3.05, 3.63) is 51.7 Å². The fourth-order valence-electron chi connectivity index (χ4n) is 2.19. The van der Waals surface area contributed by atoms with Crippen molar-refractivity contribution >= 4 is 32.9 Å². The van der Waals surface area contributed by atoms with Gasteiger partial charge in [-0.05, 0) is 31.2 Å². The number of benzene rings is 2. The first-order valence-electron chi connectivity index (χ1n) is 6.15. The van der Waals surface area contributed by atoms with E-state index < -0.39 is 11.8 Å². The molecule has 1 aromatic heterocycles. The van der Waals surface area contributed by atoms with E-state index in [1.165, 1.54) is 6.07 Å². The lowest BCUT2D eigenvalue weighted by Gasteiger charge is -2.02. The van der Waals surface area contributed by atoms with Gasteiger partial charge in [0.1, 0.15) is 17.2 Å². The van der Waals surface area contributed by atoms with E-state index in [-0.39, 0.29) is 11.1 Å². The highest BCUT2D eigenvalue weighted by Gasteiger charge is 2.16. The van der Waals surface area contributed by atoms with E-state index in [0.29, 0.717) is 11.3 Å². The van der Waals surface area contributed by atoms with Crippen molar-refractivity contribution in [2.24, 2.45) is 0 Å². The highest BCUT2D eigenvalue weighted by molar-refractivity contribution is 9.10. The molecule has 0 saturated heterocycles. The molecule has 3 rings (SSSR count). The zero-order chi connectivity index (χ0) is 15.1. The molecular formula is C15H10BrFN2O2. The first-order chi connectivity index (χ1) is 9.95. The van der Waals surface area contributed by atoms with E-state index in [4.69, 9.17) is 5.11 Å². The first kappa shape index (κ1) is 13.8. The summed E-state index contributed by atoms with van der Waals surface area (Å²) in [5.74, 6) is -1.33. The second-order valence-electron chi connectivity index (χ2n) is 4.72. The van der Waals surface area contributed by atoms with Crippen molar-refractivity contribution < 1.29 is 14.3 Å². The van der Waals surface area contributed by atoms with Crippen LogP contribution in [0.5, 0.6) is 0 Å². The Morgan fingerprint density at radius 3 is 2.81 bits per heavy atom. The van der Waals surface area contributed by atoms with Crippen LogP contribution in [0.3, 0.4) is 0 Å². The van der Waals surface area contributed by atoms with Crippen LogP contribution in [-0.4, -0.2) is 21.0 Å². The number of halogens is 2. The Morgan fingerprint density at radius 1 is 1.33 bits per heavy atom. The molecule has 0 amide bonds. The Balaban J connectivity index is 2.28. The number of nitrogens with one attached hydrogen (secondary N) is 1. The van der Waals surface area contributed by atoms with Gasteiger partial charge in [-0.2, -0.15) is 0 Å². The number of carbonyl (C=O) groups is 1. The number of rotatable bonds is 2. The summed E-state index contributed by atoms with van der Waals surface area (Å²) >= 11 is 3.44. The molecule has 0 aliphatic rings. The Hall–Kier alpha value is -2.21. The number of H-pyrrole nitrogens is 1. The molecule has 0 spiro atoms. The van der Waals surface area contributed by atoms with Gasteiger partial charge < -0.3 is 10.1 Å². The van der Waals surface area contributed by atoms with Crippen LogP contribution >= 0.6 is 15.9 Å². The molecule has 0 saturated carbocycles. The predicted molar refractivity (Wildman–Crippen MR) is 80.9 cm³/mol. The number of hydrogen-bond acceptors (Lipinski definition) is 2. The molecule has 0 aliphatic heterocycles. The maximum absolute atomic E-state index is 13.5. The van der Waals surface area contributed by atoms with Gasteiger partial charge in [0.15, 0.2) is 0 Å². The van der Waals surface area contributed by atoms with Gasteiger partial charge in [-0.3, -0.25) is 0 Å². The predicted octanol–water partition coefficient (Wildman–Crippen LogP) is 4.14. The van der Waals surface area contributed by atoms with Gasteiger partial charge in [-0.1, -0.05) is 27.6 Å². The molecule has 0 radical (unpaired) electrons. The summed E-state index contributed by atoms with van der Waals surface area (Å²) < 4.78 is 14.3. The van der Waals surface area contributed by atoms with Crippen molar-refractivity contribution in [3.8, 4) is 11.4 Å². The van der Waals surface area contributed by atoms with Crippen molar-refractivity contribution in [2.45, 2.75) is 6.92 Å². The summed E-state index contributed by atoms with van der Waals surface area (Å²) in [6, 6.07) is 7.95. The minimum atomic E-state index is -1.21. The molecule has 0 bridgehead atoms. The summed E-state index contributed by atoms with van der Waals surface area (Å²) in [5, 5.41) is 9.16. The van der Waals surface area contributed by atoms with Crippen LogP contribution in [0.2, 0.25) is 0 Å². The molecule has 0 atom stereocenters. The lowest BCUT2D eigenvalue weighted by molar-refractivity contribution is 0.0698. The van der Waals surface area contributed by atoms with E-state index in [9.17, 15) is 9.18 Å². The van der Waals surface area contributed by atoms with Crippen LogP contribution in [0.25, 0.3) is 22.4 Å². The summed E-state index contributed by atoms with van der Waals surface area (Å²) in [7, 11) is 0. The van der Waals surface area contributed by atoms with E-state index in [2.05, 4.69) is 25.9 Å². The standard InChI is InChI=1S/C15H10BrFN2O2/c1-7-2-3-11(16)9(4-7)14-18-12-6-8(17)5-10(15(20)21)13(12)19-14/h2-6H,1H3,(H,18,19)(H,20,21). The van der Waals surface area contributed by atoms with Crippen LogP contribution in [-0.2, 0) is 0 Å². The Kier molecular flexibility index (Phi) is 3.25. The fourth-order valence-corrected chi connectivity index (χ4v) is 2.63. The molecule has 3 aromatic rings. The first-order valence-corrected chi connectivity index (χ1v) is 6.94. The monoisotopic (exact) mass is 348 g/mol. The minimum Gasteiger partial charge on any atom is -0.478 e. The quantitative estimate of drug-likeness (QED) is 0.731. The molecule has 0 unspecified atom stereocenters. The van der Waals surface area contributed by atoms with Gasteiger partial charge in [-0.25, -0.2) is 14.2 Å². The SMILES string of the molecule is Cc1ccc(Br)c(-c2nc3c(C(=O)O)cc(F)cc3[nH]2)c1. The number of imidazole rings is 1. The van der Waals surface area contributed by atoms with Gasteiger partial charge >= 0.3 is 5.97 Å². The summed E-state index contributed by atoms with van der Waals surface area (Å²) in [5.41, 5.74) is 2.28. The molecule has 4 nitrogen and oxygen atoms in total. The Morgan fingerprint density at radius 2 is 2.10 bits per heavy atom. The number of carboxylic acid groups (broad SMARTS) is 1. The Labute approximate surface area is 127 Å².